The van der Waals surface area contributed by atoms with E-state index in [0.717, 1.165) is 23.5 Å². The minimum Gasteiger partial charge on any atom is -0.346 e. The summed E-state index contributed by atoms with van der Waals surface area (Å²) in [4.78, 5) is 20.3. The van der Waals surface area contributed by atoms with Crippen LogP contribution in [0.2, 0.25) is 10.0 Å². The minimum absolute atomic E-state index is 0.0271. The van der Waals surface area contributed by atoms with Crippen LogP contribution in [-0.4, -0.2) is 15.9 Å². The average molecular weight is 396 g/mol. The zero-order valence-electron chi connectivity index (χ0n) is 15.9. The first-order chi connectivity index (χ1) is 12.2. The van der Waals surface area contributed by atoms with Gasteiger partial charge in [0.05, 0.1) is 28.0 Å². The maximum Gasteiger partial charge on any atom is 0.223 e. The van der Waals surface area contributed by atoms with Gasteiger partial charge < -0.3 is 10.3 Å². The molecule has 0 aliphatic rings. The molecule has 1 aromatic carbocycles. The van der Waals surface area contributed by atoms with Gasteiger partial charge in [-0.05, 0) is 30.4 Å². The Morgan fingerprint density at radius 3 is 2.42 bits per heavy atom. The summed E-state index contributed by atoms with van der Waals surface area (Å²) in [5.74, 6) is 1.47. The molecule has 0 fully saturated rings. The second-order valence-corrected chi connectivity index (χ2v) is 8.39. The Hall–Kier alpha value is -1.52. The lowest BCUT2D eigenvalue weighted by molar-refractivity contribution is -0.126. The Balaban J connectivity index is 2.19. The van der Waals surface area contributed by atoms with Crippen molar-refractivity contribution >= 4 is 29.1 Å². The number of H-pyrrole nitrogens is 1. The summed E-state index contributed by atoms with van der Waals surface area (Å²) < 4.78 is 0. The predicted octanol–water partition coefficient (Wildman–Crippen LogP) is 5.88. The molecule has 0 saturated heterocycles. The Kier molecular flexibility index (Phi) is 7.13. The smallest absolute Gasteiger partial charge is 0.223 e. The second-order valence-electron chi connectivity index (χ2n) is 7.57. The fraction of sp³-hybridized carbons (Fsp3) is 0.500. The van der Waals surface area contributed by atoms with E-state index in [1.807, 2.05) is 13.0 Å². The summed E-state index contributed by atoms with van der Waals surface area (Å²) in [6.07, 6.45) is 2.62. The van der Waals surface area contributed by atoms with Crippen LogP contribution >= 0.6 is 23.2 Å². The standard InChI is InChI=1S/C20H27Cl2N3O/c1-11(2)8-13(5)20(26)25-18(12(3)4)19-23-10-17(24-19)14-6-7-15(21)16(22)9-14/h6-7,9-13,18H,8H2,1-5H3,(H,23,24)(H,25,26)/t13?,18-/m0/s1. The van der Waals surface area contributed by atoms with E-state index in [4.69, 9.17) is 23.2 Å². The largest absolute Gasteiger partial charge is 0.346 e. The van der Waals surface area contributed by atoms with E-state index in [0.29, 0.717) is 16.0 Å². The highest BCUT2D eigenvalue weighted by Gasteiger charge is 2.24. The zero-order chi connectivity index (χ0) is 19.4. The third-order valence-electron chi connectivity index (χ3n) is 4.36. The zero-order valence-corrected chi connectivity index (χ0v) is 17.4. The van der Waals surface area contributed by atoms with Crippen LogP contribution in [0.5, 0.6) is 0 Å². The molecule has 1 unspecified atom stereocenters. The number of nitrogens with zero attached hydrogens (tertiary/aromatic N) is 1. The predicted molar refractivity (Wildman–Crippen MR) is 108 cm³/mol. The van der Waals surface area contributed by atoms with Crippen molar-refractivity contribution in [1.29, 1.82) is 0 Å². The monoisotopic (exact) mass is 395 g/mol. The molecule has 2 N–H and O–H groups in total. The van der Waals surface area contributed by atoms with Gasteiger partial charge in [-0.15, -0.1) is 0 Å². The van der Waals surface area contributed by atoms with Gasteiger partial charge in [0.25, 0.3) is 0 Å². The molecule has 6 heteroatoms. The summed E-state index contributed by atoms with van der Waals surface area (Å²) in [6.45, 7) is 10.4. The molecule has 0 aliphatic carbocycles. The minimum atomic E-state index is -0.173. The van der Waals surface area contributed by atoms with Crippen molar-refractivity contribution in [2.45, 2.75) is 47.1 Å². The molecule has 0 saturated carbocycles. The van der Waals surface area contributed by atoms with Gasteiger partial charge in [-0.2, -0.15) is 0 Å². The van der Waals surface area contributed by atoms with Crippen LogP contribution in [0.25, 0.3) is 11.3 Å². The molecule has 2 aromatic rings. The number of aromatic nitrogens is 2. The molecule has 0 bridgehead atoms. The van der Waals surface area contributed by atoms with Crippen molar-refractivity contribution in [3.8, 4) is 11.3 Å². The van der Waals surface area contributed by atoms with E-state index in [-0.39, 0.29) is 23.8 Å². The number of benzene rings is 1. The third-order valence-corrected chi connectivity index (χ3v) is 5.10. The number of carbonyl (C=O) groups is 1. The van der Waals surface area contributed by atoms with E-state index >= 15 is 0 Å². The molecule has 1 amide bonds. The van der Waals surface area contributed by atoms with E-state index in [2.05, 4.69) is 43.0 Å². The van der Waals surface area contributed by atoms with Crippen molar-refractivity contribution < 1.29 is 4.79 Å². The van der Waals surface area contributed by atoms with Crippen molar-refractivity contribution in [2.24, 2.45) is 17.8 Å². The number of hydrogen-bond acceptors (Lipinski definition) is 2. The maximum absolute atomic E-state index is 12.5. The number of hydrogen-bond donors (Lipinski definition) is 2. The van der Waals surface area contributed by atoms with Crippen molar-refractivity contribution in [2.75, 3.05) is 0 Å². The fourth-order valence-corrected chi connectivity index (χ4v) is 3.26. The number of aromatic amines is 1. The number of carbonyl (C=O) groups excluding carboxylic acids is 1. The van der Waals surface area contributed by atoms with Crippen LogP contribution in [0.4, 0.5) is 0 Å². The van der Waals surface area contributed by atoms with Gasteiger partial charge in [0.2, 0.25) is 5.91 Å². The van der Waals surface area contributed by atoms with Gasteiger partial charge in [0.15, 0.2) is 0 Å². The van der Waals surface area contributed by atoms with Gasteiger partial charge in [-0.25, -0.2) is 4.98 Å². The summed E-state index contributed by atoms with van der Waals surface area (Å²) in [6, 6.07) is 5.27. The highest BCUT2D eigenvalue weighted by molar-refractivity contribution is 6.42. The quantitative estimate of drug-likeness (QED) is 0.614. The van der Waals surface area contributed by atoms with Crippen LogP contribution in [0, 0.1) is 17.8 Å². The van der Waals surface area contributed by atoms with Gasteiger partial charge in [-0.3, -0.25) is 4.79 Å². The number of imidazole rings is 1. The molecule has 0 spiro atoms. The maximum atomic E-state index is 12.5. The SMILES string of the molecule is CC(C)CC(C)C(=O)N[C@H](c1ncc(-c2ccc(Cl)c(Cl)c2)[nH]1)C(C)C. The lowest BCUT2D eigenvalue weighted by Crippen LogP contribution is -2.36. The van der Waals surface area contributed by atoms with E-state index in [1.165, 1.54) is 0 Å². The van der Waals surface area contributed by atoms with Crippen LogP contribution in [-0.2, 0) is 4.79 Å². The molecule has 1 aromatic heterocycles. The molecule has 2 atom stereocenters. The normalized spacial score (nSPS) is 13.9. The Morgan fingerprint density at radius 1 is 1.15 bits per heavy atom. The molecule has 1 heterocycles. The highest BCUT2D eigenvalue weighted by Crippen LogP contribution is 2.29. The first kappa shape index (κ1) is 20.8. The first-order valence-corrected chi connectivity index (χ1v) is 9.75. The average Bonchev–Trinajstić information content (AvgIpc) is 3.03. The van der Waals surface area contributed by atoms with Crippen LogP contribution in [0.15, 0.2) is 24.4 Å². The van der Waals surface area contributed by atoms with Gasteiger partial charge >= 0.3 is 0 Å². The lowest BCUT2D eigenvalue weighted by Gasteiger charge is -2.23. The molecule has 4 nitrogen and oxygen atoms in total. The number of rotatable bonds is 7. The molecule has 142 valence electrons. The molecular weight excluding hydrogens is 369 g/mol. The molecular formula is C20H27Cl2N3O. The summed E-state index contributed by atoms with van der Waals surface area (Å²) >= 11 is 12.1. The topological polar surface area (TPSA) is 57.8 Å². The van der Waals surface area contributed by atoms with E-state index in [9.17, 15) is 4.79 Å². The number of nitrogens with one attached hydrogen (secondary N) is 2. The molecule has 0 radical (unpaired) electrons. The van der Waals surface area contributed by atoms with E-state index < -0.39 is 0 Å². The Labute approximate surface area is 165 Å². The summed E-state index contributed by atoms with van der Waals surface area (Å²) in [7, 11) is 0. The summed E-state index contributed by atoms with van der Waals surface area (Å²) in [5.41, 5.74) is 1.74. The molecule has 0 aliphatic heterocycles. The number of amides is 1. The van der Waals surface area contributed by atoms with Gasteiger partial charge in [-0.1, -0.05) is 63.9 Å². The first-order valence-electron chi connectivity index (χ1n) is 8.99. The second kappa shape index (κ2) is 8.92. The molecule has 26 heavy (non-hydrogen) atoms. The lowest BCUT2D eigenvalue weighted by atomic mass is 9.96. The Morgan fingerprint density at radius 2 is 1.85 bits per heavy atom. The van der Waals surface area contributed by atoms with Crippen molar-refractivity contribution in [3.63, 3.8) is 0 Å². The highest BCUT2D eigenvalue weighted by atomic mass is 35.5. The fourth-order valence-electron chi connectivity index (χ4n) is 2.97. The van der Waals surface area contributed by atoms with Crippen LogP contribution in [0.3, 0.4) is 0 Å². The van der Waals surface area contributed by atoms with Gasteiger partial charge in [0, 0.05) is 11.5 Å². The third kappa shape index (κ3) is 5.24. The van der Waals surface area contributed by atoms with E-state index in [1.54, 1.807) is 18.3 Å². The van der Waals surface area contributed by atoms with Gasteiger partial charge in [0.1, 0.15) is 5.82 Å². The Bertz CT molecular complexity index is 755. The van der Waals surface area contributed by atoms with Crippen molar-refractivity contribution in [1.82, 2.24) is 15.3 Å². The summed E-state index contributed by atoms with van der Waals surface area (Å²) in [5, 5.41) is 4.16. The number of halogens is 2. The van der Waals surface area contributed by atoms with Crippen LogP contribution in [0.1, 0.15) is 52.9 Å². The van der Waals surface area contributed by atoms with Crippen molar-refractivity contribution in [3.05, 3.63) is 40.3 Å². The van der Waals surface area contributed by atoms with Crippen LogP contribution < -0.4 is 5.32 Å². The molecule has 2 rings (SSSR count).